The summed E-state index contributed by atoms with van der Waals surface area (Å²) in [5.41, 5.74) is 1.01. The zero-order chi connectivity index (χ0) is 19.6. The van der Waals surface area contributed by atoms with Crippen LogP contribution in [0.4, 0.5) is 0 Å². The van der Waals surface area contributed by atoms with Crippen molar-refractivity contribution in [1.82, 2.24) is 0 Å². The Morgan fingerprint density at radius 1 is 0.926 bits per heavy atom. The van der Waals surface area contributed by atoms with Crippen molar-refractivity contribution in [3.63, 3.8) is 0 Å². The van der Waals surface area contributed by atoms with Crippen LogP contribution in [0.3, 0.4) is 0 Å². The van der Waals surface area contributed by atoms with E-state index in [2.05, 4.69) is 6.92 Å². The molecule has 5 nitrogen and oxygen atoms in total. The number of aromatic carboxylic acids is 1. The molecule has 0 aliphatic rings. The summed E-state index contributed by atoms with van der Waals surface area (Å²) in [5, 5.41) is 18.8. The molecule has 0 aliphatic heterocycles. The van der Waals surface area contributed by atoms with Crippen LogP contribution in [0.5, 0.6) is 11.5 Å². The molecule has 0 amide bonds. The van der Waals surface area contributed by atoms with Crippen LogP contribution in [0.25, 0.3) is 0 Å². The minimum atomic E-state index is -1.03. The van der Waals surface area contributed by atoms with Crippen LogP contribution < -0.4 is 4.74 Å². The van der Waals surface area contributed by atoms with Gasteiger partial charge in [-0.25, -0.2) is 9.59 Å². The monoisotopic (exact) mass is 370 g/mol. The van der Waals surface area contributed by atoms with Gasteiger partial charge in [-0.1, -0.05) is 45.1 Å². The number of unbranched alkanes of at least 4 members (excludes halogenated alkanes) is 5. The number of phenolic OH excluding ortho intramolecular Hbond substituents is 1. The first-order valence-corrected chi connectivity index (χ1v) is 9.39. The fourth-order valence-electron chi connectivity index (χ4n) is 2.96. The van der Waals surface area contributed by atoms with Crippen molar-refractivity contribution in [1.29, 1.82) is 0 Å². The third-order valence-electron chi connectivity index (χ3n) is 4.45. The molecule has 0 spiro atoms. The van der Waals surface area contributed by atoms with E-state index >= 15 is 0 Å². The van der Waals surface area contributed by atoms with Gasteiger partial charge < -0.3 is 14.9 Å². The minimum Gasteiger partial charge on any atom is -0.508 e. The smallest absolute Gasteiger partial charge is 0.343 e. The molecule has 0 atom stereocenters. The number of carbonyl (C=O) groups excluding carboxylic acids is 1. The zero-order valence-corrected chi connectivity index (χ0v) is 15.6. The lowest BCUT2D eigenvalue weighted by Crippen LogP contribution is -2.12. The highest BCUT2D eigenvalue weighted by Gasteiger charge is 2.18. The van der Waals surface area contributed by atoms with E-state index in [1.165, 1.54) is 49.6 Å². The molecule has 0 aromatic heterocycles. The van der Waals surface area contributed by atoms with Crippen molar-refractivity contribution in [2.75, 3.05) is 0 Å². The fraction of sp³-hybridized carbons (Fsp3) is 0.364. The first-order valence-electron chi connectivity index (χ1n) is 9.39. The van der Waals surface area contributed by atoms with Gasteiger partial charge in [-0.05, 0) is 49.2 Å². The number of benzene rings is 2. The Bertz CT molecular complexity index is 765. The molecule has 0 aliphatic carbocycles. The molecule has 0 fully saturated rings. The van der Waals surface area contributed by atoms with Crippen LogP contribution in [0, 0.1) is 0 Å². The Morgan fingerprint density at radius 3 is 2.26 bits per heavy atom. The van der Waals surface area contributed by atoms with Crippen LogP contribution in [0.1, 0.15) is 71.7 Å². The van der Waals surface area contributed by atoms with Gasteiger partial charge in [-0.15, -0.1) is 0 Å². The van der Waals surface area contributed by atoms with E-state index < -0.39 is 11.9 Å². The Kier molecular flexibility index (Phi) is 7.86. The molecule has 5 heteroatoms. The summed E-state index contributed by atoms with van der Waals surface area (Å²) in [6.45, 7) is 2.16. The van der Waals surface area contributed by atoms with E-state index in [4.69, 9.17) is 4.74 Å². The van der Waals surface area contributed by atoms with Gasteiger partial charge in [0.1, 0.15) is 11.5 Å². The first-order chi connectivity index (χ1) is 13.0. The second-order valence-corrected chi connectivity index (χ2v) is 6.54. The maximum atomic E-state index is 12.4. The molecule has 2 N–H and O–H groups in total. The molecule has 2 rings (SSSR count). The second kappa shape index (κ2) is 10.4. The molecule has 0 saturated heterocycles. The predicted molar refractivity (Wildman–Crippen MR) is 104 cm³/mol. The summed E-state index contributed by atoms with van der Waals surface area (Å²) >= 11 is 0. The van der Waals surface area contributed by atoms with Gasteiger partial charge in [0.2, 0.25) is 0 Å². The highest BCUT2D eigenvalue weighted by molar-refractivity contribution is 5.93. The van der Waals surface area contributed by atoms with Crippen LogP contribution in [0.2, 0.25) is 0 Å². The van der Waals surface area contributed by atoms with E-state index in [0.29, 0.717) is 17.5 Å². The maximum Gasteiger partial charge on any atom is 0.343 e. The van der Waals surface area contributed by atoms with Gasteiger partial charge in [0.15, 0.2) is 0 Å². The predicted octanol–water partition coefficient (Wildman–Crippen LogP) is 5.21. The molecular weight excluding hydrogens is 344 g/mol. The van der Waals surface area contributed by atoms with E-state index in [-0.39, 0.29) is 17.1 Å². The van der Waals surface area contributed by atoms with Crippen molar-refractivity contribution < 1.29 is 24.5 Å². The number of esters is 1. The molecule has 0 heterocycles. The largest absolute Gasteiger partial charge is 0.508 e. The van der Waals surface area contributed by atoms with Crippen molar-refractivity contribution in [2.24, 2.45) is 0 Å². The van der Waals surface area contributed by atoms with Crippen molar-refractivity contribution >= 4 is 11.9 Å². The van der Waals surface area contributed by atoms with Gasteiger partial charge >= 0.3 is 11.9 Å². The number of phenols is 1. The highest BCUT2D eigenvalue weighted by Crippen LogP contribution is 2.26. The normalized spacial score (nSPS) is 10.6. The third kappa shape index (κ3) is 6.13. The lowest BCUT2D eigenvalue weighted by atomic mass is 9.99. The van der Waals surface area contributed by atoms with Gasteiger partial charge in [0.05, 0.1) is 11.1 Å². The van der Waals surface area contributed by atoms with E-state index in [0.717, 1.165) is 19.3 Å². The minimum absolute atomic E-state index is 0.0585. The number of carboxylic acid groups (broad SMARTS) is 1. The number of rotatable bonds is 10. The Hall–Kier alpha value is -2.82. The van der Waals surface area contributed by atoms with E-state index in [1.54, 1.807) is 12.1 Å². The summed E-state index contributed by atoms with van der Waals surface area (Å²) < 4.78 is 5.47. The van der Waals surface area contributed by atoms with E-state index in [9.17, 15) is 19.8 Å². The topological polar surface area (TPSA) is 83.8 Å². The number of carbonyl (C=O) groups is 2. The summed E-state index contributed by atoms with van der Waals surface area (Å²) in [7, 11) is 0. The maximum absolute atomic E-state index is 12.4. The van der Waals surface area contributed by atoms with Crippen LogP contribution in [0.15, 0.2) is 42.5 Å². The summed E-state index contributed by atoms with van der Waals surface area (Å²) in [6.07, 6.45) is 7.09. The Morgan fingerprint density at radius 2 is 1.59 bits per heavy atom. The van der Waals surface area contributed by atoms with Crippen LogP contribution in [-0.4, -0.2) is 22.2 Å². The number of hydrogen-bond donors (Lipinski definition) is 2. The first kappa shape index (κ1) is 20.5. The van der Waals surface area contributed by atoms with Crippen molar-refractivity contribution in [2.45, 2.75) is 51.9 Å². The lowest BCUT2D eigenvalue weighted by Gasteiger charge is -2.13. The molecule has 144 valence electrons. The molecule has 0 radical (unpaired) electrons. The third-order valence-corrected chi connectivity index (χ3v) is 4.45. The molecule has 0 unspecified atom stereocenters. The average molecular weight is 370 g/mol. The van der Waals surface area contributed by atoms with Gasteiger partial charge in [0, 0.05) is 5.56 Å². The SMILES string of the molecule is CCCCCCCCc1c(OC(=O)c2ccc(O)cc2)cccc1C(=O)O. The number of carboxylic acids is 1. The fourth-order valence-corrected chi connectivity index (χ4v) is 2.96. The lowest BCUT2D eigenvalue weighted by molar-refractivity contribution is 0.0685. The molecule has 2 aromatic rings. The highest BCUT2D eigenvalue weighted by atomic mass is 16.5. The molecule has 0 saturated carbocycles. The number of ether oxygens (including phenoxy) is 1. The Labute approximate surface area is 159 Å². The van der Waals surface area contributed by atoms with Crippen molar-refractivity contribution in [3.8, 4) is 11.5 Å². The molecule has 2 aromatic carbocycles. The van der Waals surface area contributed by atoms with Crippen LogP contribution in [-0.2, 0) is 6.42 Å². The molecule has 27 heavy (non-hydrogen) atoms. The summed E-state index contributed by atoms with van der Waals surface area (Å²) in [4.78, 5) is 23.9. The quantitative estimate of drug-likeness (QED) is 0.341. The summed E-state index contributed by atoms with van der Waals surface area (Å²) in [6, 6.07) is 10.5. The van der Waals surface area contributed by atoms with E-state index in [1.807, 2.05) is 0 Å². The van der Waals surface area contributed by atoms with Gasteiger partial charge in [-0.3, -0.25) is 0 Å². The van der Waals surface area contributed by atoms with Crippen molar-refractivity contribution in [3.05, 3.63) is 59.2 Å². The Balaban J connectivity index is 2.12. The average Bonchev–Trinajstić information content (AvgIpc) is 2.65. The number of hydrogen-bond acceptors (Lipinski definition) is 4. The zero-order valence-electron chi connectivity index (χ0n) is 15.6. The van der Waals surface area contributed by atoms with Gasteiger partial charge in [-0.2, -0.15) is 0 Å². The second-order valence-electron chi connectivity index (χ2n) is 6.54. The van der Waals surface area contributed by atoms with Gasteiger partial charge in [0.25, 0.3) is 0 Å². The molecule has 0 bridgehead atoms. The van der Waals surface area contributed by atoms with Crippen LogP contribution >= 0.6 is 0 Å². The standard InChI is InChI=1S/C22H26O5/c1-2-3-4-5-6-7-9-18-19(21(24)25)10-8-11-20(18)27-22(26)16-12-14-17(23)15-13-16/h8,10-15,23H,2-7,9H2,1H3,(H,24,25). The summed E-state index contributed by atoms with van der Waals surface area (Å²) in [5.74, 6) is -1.27. The number of aromatic hydroxyl groups is 1. The molecular formula is C22H26O5.